The van der Waals surface area contributed by atoms with E-state index in [4.69, 9.17) is 5.73 Å². The molecule has 2 nitrogen and oxygen atoms in total. The number of aryl methyl sites for hydroxylation is 1. The molecule has 16 heavy (non-hydrogen) atoms. The lowest BCUT2D eigenvalue weighted by Gasteiger charge is -2.25. The van der Waals surface area contributed by atoms with Gasteiger partial charge >= 0.3 is 0 Å². The summed E-state index contributed by atoms with van der Waals surface area (Å²) in [6.45, 7) is 8.37. The van der Waals surface area contributed by atoms with Crippen molar-refractivity contribution in [3.05, 3.63) is 34.9 Å². The number of rotatable bonds is 4. The number of hydrogen-bond donors (Lipinski definition) is 1. The highest BCUT2D eigenvalue weighted by atomic mass is 16.1. The Kier molecular flexibility index (Phi) is 3.87. The molecule has 2 heteroatoms. The summed E-state index contributed by atoms with van der Waals surface area (Å²) in [5.74, 6) is 0.165. The average molecular weight is 219 g/mol. The van der Waals surface area contributed by atoms with E-state index < -0.39 is 5.41 Å². The maximum absolute atomic E-state index is 12.4. The van der Waals surface area contributed by atoms with E-state index in [1.54, 1.807) is 0 Å². The first-order chi connectivity index (χ1) is 7.46. The van der Waals surface area contributed by atoms with E-state index in [9.17, 15) is 4.79 Å². The zero-order valence-corrected chi connectivity index (χ0v) is 10.6. The first kappa shape index (κ1) is 12.9. The Bertz CT molecular complexity index is 392. The van der Waals surface area contributed by atoms with Crippen LogP contribution >= 0.6 is 0 Å². The Hall–Kier alpha value is -1.15. The lowest BCUT2D eigenvalue weighted by Crippen LogP contribution is -2.35. The molecule has 0 aromatic heterocycles. The van der Waals surface area contributed by atoms with Crippen LogP contribution in [-0.4, -0.2) is 12.3 Å². The summed E-state index contributed by atoms with van der Waals surface area (Å²) in [5.41, 5.74) is 8.33. The van der Waals surface area contributed by atoms with Gasteiger partial charge < -0.3 is 5.73 Å². The number of carbonyl (C=O) groups is 1. The number of hydrogen-bond acceptors (Lipinski definition) is 2. The van der Waals surface area contributed by atoms with Gasteiger partial charge in [-0.3, -0.25) is 4.79 Å². The van der Waals surface area contributed by atoms with Gasteiger partial charge in [0.15, 0.2) is 5.78 Å². The number of Topliss-reactive ketones (excluding diaryl/α,β-unsaturated/α-hetero) is 1. The van der Waals surface area contributed by atoms with E-state index in [1.807, 2.05) is 45.9 Å². The third-order valence-corrected chi connectivity index (χ3v) is 3.63. The largest absolute Gasteiger partial charge is 0.329 e. The van der Waals surface area contributed by atoms with Gasteiger partial charge in [0.05, 0.1) is 0 Å². The molecule has 0 amide bonds. The molecule has 1 aromatic carbocycles. The number of nitrogens with two attached hydrogens (primary N) is 1. The minimum atomic E-state index is -0.432. The van der Waals surface area contributed by atoms with Crippen molar-refractivity contribution in [2.75, 3.05) is 6.54 Å². The Labute approximate surface area is 97.9 Å². The molecule has 0 radical (unpaired) electrons. The van der Waals surface area contributed by atoms with Crippen LogP contribution in [0.1, 0.15) is 41.8 Å². The van der Waals surface area contributed by atoms with Crippen molar-refractivity contribution < 1.29 is 4.79 Å². The summed E-state index contributed by atoms with van der Waals surface area (Å²) in [6, 6.07) is 5.86. The molecule has 0 aliphatic heterocycles. The summed E-state index contributed by atoms with van der Waals surface area (Å²) in [6.07, 6.45) is 0.774. The molecular weight excluding hydrogens is 198 g/mol. The van der Waals surface area contributed by atoms with Crippen molar-refractivity contribution in [1.29, 1.82) is 0 Å². The smallest absolute Gasteiger partial charge is 0.170 e. The summed E-state index contributed by atoms with van der Waals surface area (Å²) >= 11 is 0. The van der Waals surface area contributed by atoms with Crippen molar-refractivity contribution in [2.24, 2.45) is 11.1 Å². The molecule has 0 saturated carbocycles. The maximum Gasteiger partial charge on any atom is 0.170 e. The molecule has 0 spiro atoms. The van der Waals surface area contributed by atoms with Crippen LogP contribution in [0.25, 0.3) is 0 Å². The Morgan fingerprint density at radius 3 is 2.50 bits per heavy atom. The molecular formula is C14H21NO. The zero-order chi connectivity index (χ0) is 12.3. The van der Waals surface area contributed by atoms with E-state index in [0.717, 1.165) is 23.1 Å². The highest BCUT2D eigenvalue weighted by Gasteiger charge is 2.31. The first-order valence-electron chi connectivity index (χ1n) is 5.77. The van der Waals surface area contributed by atoms with E-state index in [1.165, 1.54) is 0 Å². The zero-order valence-electron chi connectivity index (χ0n) is 10.6. The van der Waals surface area contributed by atoms with Gasteiger partial charge in [-0.05, 0) is 31.4 Å². The summed E-state index contributed by atoms with van der Waals surface area (Å²) in [4.78, 5) is 12.4. The molecule has 1 unspecified atom stereocenters. The van der Waals surface area contributed by atoms with E-state index in [2.05, 4.69) is 0 Å². The second-order valence-corrected chi connectivity index (χ2v) is 4.69. The lowest BCUT2D eigenvalue weighted by atomic mass is 9.78. The second-order valence-electron chi connectivity index (χ2n) is 4.69. The van der Waals surface area contributed by atoms with Crippen LogP contribution in [0.4, 0.5) is 0 Å². The molecule has 0 saturated heterocycles. The van der Waals surface area contributed by atoms with Crippen LogP contribution < -0.4 is 5.73 Å². The predicted octanol–water partition coefficient (Wildman–Crippen LogP) is 2.86. The molecule has 0 heterocycles. The summed E-state index contributed by atoms with van der Waals surface area (Å²) < 4.78 is 0. The highest BCUT2D eigenvalue weighted by Crippen LogP contribution is 2.27. The van der Waals surface area contributed by atoms with E-state index >= 15 is 0 Å². The Balaban J connectivity index is 3.19. The fourth-order valence-electron chi connectivity index (χ4n) is 1.72. The van der Waals surface area contributed by atoms with Crippen LogP contribution in [0.3, 0.4) is 0 Å². The fraction of sp³-hybridized carbons (Fsp3) is 0.500. The Morgan fingerprint density at radius 2 is 2.00 bits per heavy atom. The number of benzene rings is 1. The second kappa shape index (κ2) is 4.79. The topological polar surface area (TPSA) is 43.1 Å². The predicted molar refractivity (Wildman–Crippen MR) is 67.7 cm³/mol. The van der Waals surface area contributed by atoms with Gasteiger partial charge in [-0.25, -0.2) is 0 Å². The SMILES string of the molecule is CCC(C)(CN)C(=O)c1cccc(C)c1C. The molecule has 2 N–H and O–H groups in total. The number of carbonyl (C=O) groups excluding carboxylic acids is 1. The maximum atomic E-state index is 12.4. The molecule has 0 bridgehead atoms. The van der Waals surface area contributed by atoms with Gasteiger partial charge in [-0.2, -0.15) is 0 Å². The fourth-order valence-corrected chi connectivity index (χ4v) is 1.72. The van der Waals surface area contributed by atoms with Crippen molar-refractivity contribution in [1.82, 2.24) is 0 Å². The molecule has 0 aliphatic carbocycles. The van der Waals surface area contributed by atoms with Crippen LogP contribution in [0.2, 0.25) is 0 Å². The third kappa shape index (κ3) is 2.17. The van der Waals surface area contributed by atoms with E-state index in [-0.39, 0.29) is 5.78 Å². The first-order valence-corrected chi connectivity index (χ1v) is 5.77. The molecule has 0 aliphatic rings. The molecule has 1 aromatic rings. The van der Waals surface area contributed by atoms with Crippen LogP contribution in [0.15, 0.2) is 18.2 Å². The standard InChI is InChI=1S/C14H21NO/c1-5-14(4,9-15)13(16)12-8-6-7-10(2)11(12)3/h6-8H,5,9,15H2,1-4H3. The highest BCUT2D eigenvalue weighted by molar-refractivity contribution is 6.01. The number of ketones is 1. The quantitative estimate of drug-likeness (QED) is 0.791. The van der Waals surface area contributed by atoms with Crippen LogP contribution in [0.5, 0.6) is 0 Å². The molecule has 1 rings (SSSR count). The van der Waals surface area contributed by atoms with Gasteiger partial charge in [-0.1, -0.05) is 32.0 Å². The van der Waals surface area contributed by atoms with Gasteiger partial charge in [0.1, 0.15) is 0 Å². The normalized spacial score (nSPS) is 14.6. The lowest BCUT2D eigenvalue weighted by molar-refractivity contribution is 0.0819. The van der Waals surface area contributed by atoms with Crippen LogP contribution in [0, 0.1) is 19.3 Å². The Morgan fingerprint density at radius 1 is 1.38 bits per heavy atom. The minimum absolute atomic E-state index is 0.165. The van der Waals surface area contributed by atoms with Crippen molar-refractivity contribution >= 4 is 5.78 Å². The van der Waals surface area contributed by atoms with Crippen molar-refractivity contribution in [3.63, 3.8) is 0 Å². The molecule has 88 valence electrons. The van der Waals surface area contributed by atoms with Crippen molar-refractivity contribution in [2.45, 2.75) is 34.1 Å². The molecule has 1 atom stereocenters. The minimum Gasteiger partial charge on any atom is -0.329 e. The van der Waals surface area contributed by atoms with E-state index in [0.29, 0.717) is 6.54 Å². The summed E-state index contributed by atoms with van der Waals surface area (Å²) in [5, 5.41) is 0. The average Bonchev–Trinajstić information content (AvgIpc) is 2.31. The monoisotopic (exact) mass is 219 g/mol. The van der Waals surface area contributed by atoms with Crippen molar-refractivity contribution in [3.8, 4) is 0 Å². The third-order valence-electron chi connectivity index (χ3n) is 3.63. The van der Waals surface area contributed by atoms with Gasteiger partial charge in [-0.15, -0.1) is 0 Å². The molecule has 0 fully saturated rings. The van der Waals surface area contributed by atoms with Gasteiger partial charge in [0.2, 0.25) is 0 Å². The van der Waals surface area contributed by atoms with Gasteiger partial charge in [0.25, 0.3) is 0 Å². The van der Waals surface area contributed by atoms with Gasteiger partial charge in [0, 0.05) is 17.5 Å². The van der Waals surface area contributed by atoms with Crippen LogP contribution in [-0.2, 0) is 0 Å². The summed E-state index contributed by atoms with van der Waals surface area (Å²) in [7, 11) is 0.